The first-order chi connectivity index (χ1) is 21.7. The molecule has 1 N–H and O–H groups in total. The quantitative estimate of drug-likeness (QED) is 0.129. The van der Waals surface area contributed by atoms with Gasteiger partial charge in [-0.25, -0.2) is 0 Å². The Bertz CT molecular complexity index is 1670. The van der Waals surface area contributed by atoms with E-state index in [0.29, 0.717) is 35.9 Å². The van der Waals surface area contributed by atoms with E-state index in [9.17, 15) is 9.59 Å². The van der Waals surface area contributed by atoms with E-state index in [4.69, 9.17) is 5.11 Å². The molecule has 0 aliphatic carbocycles. The van der Waals surface area contributed by atoms with Crippen LogP contribution in [0.4, 0.5) is 0 Å². The van der Waals surface area contributed by atoms with Gasteiger partial charge in [0.2, 0.25) is 0 Å². The van der Waals surface area contributed by atoms with E-state index in [2.05, 4.69) is 88.4 Å². The molecule has 1 heterocycles. The van der Waals surface area contributed by atoms with Gasteiger partial charge in [-0.15, -0.1) is 0 Å². The van der Waals surface area contributed by atoms with E-state index in [1.165, 1.54) is 27.8 Å². The fraction of sp³-hybridized carbons (Fsp3) is 0.317. The highest BCUT2D eigenvalue weighted by molar-refractivity contribution is 6.16. The predicted molar refractivity (Wildman–Crippen MR) is 184 cm³/mol. The Balaban J connectivity index is 1.39. The van der Waals surface area contributed by atoms with Crippen molar-refractivity contribution in [3.05, 3.63) is 142 Å². The van der Waals surface area contributed by atoms with E-state index in [1.807, 2.05) is 47.2 Å². The molecule has 0 radical (unpaired) electrons. The van der Waals surface area contributed by atoms with Crippen LogP contribution in [0.2, 0.25) is 0 Å². The van der Waals surface area contributed by atoms with Crippen LogP contribution in [0.15, 0.2) is 103 Å². The normalized spacial score (nSPS) is 11.6. The maximum Gasteiger partial charge on any atom is 0.303 e. The lowest BCUT2D eigenvalue weighted by Gasteiger charge is -2.20. The van der Waals surface area contributed by atoms with Gasteiger partial charge >= 0.3 is 5.97 Å². The predicted octanol–water partition coefficient (Wildman–Crippen LogP) is 9.51. The molecule has 0 aliphatic heterocycles. The number of ketones is 1. The third-order valence-corrected chi connectivity index (χ3v) is 8.53. The first-order valence-electron chi connectivity index (χ1n) is 16.3. The van der Waals surface area contributed by atoms with Gasteiger partial charge in [0, 0.05) is 47.1 Å². The number of nitrogens with zero attached hydrogens (tertiary/aromatic N) is 1. The fourth-order valence-corrected chi connectivity index (χ4v) is 6.34. The maximum atomic E-state index is 13.7. The molecule has 4 heteroatoms. The number of fused-ring (bicyclic) bond motifs is 1. The van der Waals surface area contributed by atoms with Crippen LogP contribution in [-0.4, -0.2) is 21.4 Å². The molecule has 0 saturated heterocycles. The SMILES string of the molecule is CC(C)Cc1ccc(C(Cc2ccc(C(=O)c3cn(CCCC(=O)O)c4ccccc34)cc2)c2ccc(CC(C)C)cc2)cc1. The van der Waals surface area contributed by atoms with Crippen LogP contribution in [0.1, 0.15) is 90.2 Å². The van der Waals surface area contributed by atoms with Gasteiger partial charge in [0.05, 0.1) is 0 Å². The topological polar surface area (TPSA) is 59.3 Å². The smallest absolute Gasteiger partial charge is 0.303 e. The maximum absolute atomic E-state index is 13.7. The summed E-state index contributed by atoms with van der Waals surface area (Å²) in [6.45, 7) is 9.57. The van der Waals surface area contributed by atoms with Crippen molar-refractivity contribution in [1.29, 1.82) is 0 Å². The van der Waals surface area contributed by atoms with Gasteiger partial charge < -0.3 is 9.67 Å². The molecule has 232 valence electrons. The first-order valence-corrected chi connectivity index (χ1v) is 16.3. The Morgan fingerprint density at radius 2 is 1.18 bits per heavy atom. The molecule has 0 spiro atoms. The molecule has 1 aromatic heterocycles. The first kappa shape index (κ1) is 32.0. The van der Waals surface area contributed by atoms with E-state index in [0.717, 1.165) is 30.2 Å². The van der Waals surface area contributed by atoms with Crippen LogP contribution < -0.4 is 0 Å². The van der Waals surface area contributed by atoms with Crippen molar-refractivity contribution in [3.8, 4) is 0 Å². The second-order valence-electron chi connectivity index (χ2n) is 13.2. The molecule has 0 unspecified atom stereocenters. The lowest BCUT2D eigenvalue weighted by Crippen LogP contribution is -2.07. The van der Waals surface area contributed by atoms with Gasteiger partial charge in [-0.2, -0.15) is 0 Å². The number of aryl methyl sites for hydroxylation is 1. The van der Waals surface area contributed by atoms with Crippen molar-refractivity contribution in [2.45, 2.75) is 72.3 Å². The molecule has 5 rings (SSSR count). The zero-order chi connectivity index (χ0) is 31.9. The van der Waals surface area contributed by atoms with Crippen LogP contribution >= 0.6 is 0 Å². The molecule has 0 fully saturated rings. The van der Waals surface area contributed by atoms with E-state index >= 15 is 0 Å². The Morgan fingerprint density at radius 3 is 1.71 bits per heavy atom. The van der Waals surface area contributed by atoms with Crippen LogP contribution in [0, 0.1) is 11.8 Å². The number of rotatable bonds is 14. The fourth-order valence-electron chi connectivity index (χ4n) is 6.34. The van der Waals surface area contributed by atoms with Gasteiger partial charge in [0.1, 0.15) is 0 Å². The molecule has 4 aromatic carbocycles. The molecular formula is C41H45NO3. The molecule has 0 aliphatic rings. The van der Waals surface area contributed by atoms with Crippen molar-refractivity contribution < 1.29 is 14.7 Å². The van der Waals surface area contributed by atoms with E-state index in [-0.39, 0.29) is 18.1 Å². The summed E-state index contributed by atoms with van der Waals surface area (Å²) in [4.78, 5) is 24.8. The van der Waals surface area contributed by atoms with E-state index < -0.39 is 5.97 Å². The number of carboxylic acids is 1. The lowest BCUT2D eigenvalue weighted by molar-refractivity contribution is -0.137. The summed E-state index contributed by atoms with van der Waals surface area (Å²) in [5, 5.41) is 9.96. The van der Waals surface area contributed by atoms with Crippen molar-refractivity contribution in [1.82, 2.24) is 4.57 Å². The van der Waals surface area contributed by atoms with Crippen molar-refractivity contribution in [2.75, 3.05) is 0 Å². The summed E-state index contributed by atoms with van der Waals surface area (Å²) in [5.41, 5.74) is 8.77. The monoisotopic (exact) mass is 599 g/mol. The minimum absolute atomic E-state index is 0.0206. The van der Waals surface area contributed by atoms with E-state index in [1.54, 1.807) is 0 Å². The number of carbonyl (C=O) groups is 2. The number of carbonyl (C=O) groups excluding carboxylic acids is 1. The minimum atomic E-state index is -0.809. The summed E-state index contributed by atoms with van der Waals surface area (Å²) in [6, 6.07) is 34.2. The number of aliphatic carboxylic acids is 1. The standard InChI is InChI=1S/C41H45NO3/c1-28(2)24-30-11-17-33(18-12-30)37(34-19-13-31(14-20-34)25-29(3)4)26-32-15-21-35(22-16-32)41(45)38-27-42(23-7-10-40(43)44)39-9-6-5-8-36(38)39/h5-6,8-9,11-22,27-29,37H,7,10,23-26H2,1-4H3,(H,43,44). The van der Waals surface area contributed by atoms with Gasteiger partial charge in [0.15, 0.2) is 5.78 Å². The highest BCUT2D eigenvalue weighted by atomic mass is 16.4. The molecule has 0 amide bonds. The molecule has 0 atom stereocenters. The molecule has 0 bridgehead atoms. The Labute approximate surface area is 267 Å². The van der Waals surface area contributed by atoms with Crippen molar-refractivity contribution >= 4 is 22.7 Å². The molecule has 0 saturated carbocycles. The Morgan fingerprint density at radius 1 is 0.667 bits per heavy atom. The average Bonchev–Trinajstić information content (AvgIpc) is 3.38. The average molecular weight is 600 g/mol. The zero-order valence-corrected chi connectivity index (χ0v) is 27.0. The number of benzene rings is 4. The summed E-state index contributed by atoms with van der Waals surface area (Å²) in [7, 11) is 0. The van der Waals surface area contributed by atoms with Crippen LogP contribution in [0.5, 0.6) is 0 Å². The van der Waals surface area contributed by atoms with Crippen LogP contribution in [-0.2, 0) is 30.6 Å². The van der Waals surface area contributed by atoms with Crippen LogP contribution in [0.3, 0.4) is 0 Å². The summed E-state index contributed by atoms with van der Waals surface area (Å²) >= 11 is 0. The summed E-state index contributed by atoms with van der Waals surface area (Å²) in [5.74, 6) is 0.616. The number of para-hydroxylation sites is 1. The molecular weight excluding hydrogens is 554 g/mol. The number of carboxylic acid groups (broad SMARTS) is 1. The third-order valence-electron chi connectivity index (χ3n) is 8.53. The van der Waals surface area contributed by atoms with Crippen molar-refractivity contribution in [3.63, 3.8) is 0 Å². The van der Waals surface area contributed by atoms with Crippen LogP contribution in [0.25, 0.3) is 10.9 Å². The lowest BCUT2D eigenvalue weighted by atomic mass is 9.84. The highest BCUT2D eigenvalue weighted by Crippen LogP contribution is 2.31. The van der Waals surface area contributed by atoms with Gasteiger partial charge in [-0.3, -0.25) is 9.59 Å². The van der Waals surface area contributed by atoms with Gasteiger partial charge in [0.25, 0.3) is 0 Å². The number of hydrogen-bond acceptors (Lipinski definition) is 2. The molecule has 45 heavy (non-hydrogen) atoms. The number of aromatic nitrogens is 1. The summed E-state index contributed by atoms with van der Waals surface area (Å²) in [6.07, 6.45) is 5.48. The second kappa shape index (κ2) is 14.6. The second-order valence-corrected chi connectivity index (χ2v) is 13.2. The highest BCUT2D eigenvalue weighted by Gasteiger charge is 2.19. The molecule has 5 aromatic rings. The minimum Gasteiger partial charge on any atom is -0.481 e. The van der Waals surface area contributed by atoms with Gasteiger partial charge in [-0.05, 0) is 71.4 Å². The van der Waals surface area contributed by atoms with Crippen molar-refractivity contribution in [2.24, 2.45) is 11.8 Å². The Hall–Kier alpha value is -4.44. The molecule has 4 nitrogen and oxygen atoms in total. The summed E-state index contributed by atoms with van der Waals surface area (Å²) < 4.78 is 2.00. The number of hydrogen-bond donors (Lipinski definition) is 1. The third kappa shape index (κ3) is 8.19. The Kier molecular flexibility index (Phi) is 10.3. The zero-order valence-electron chi connectivity index (χ0n) is 27.0. The van der Waals surface area contributed by atoms with Gasteiger partial charge in [-0.1, -0.05) is 119 Å². The largest absolute Gasteiger partial charge is 0.481 e.